The van der Waals surface area contributed by atoms with Gasteiger partial charge in [-0.15, -0.1) is 0 Å². The van der Waals surface area contributed by atoms with E-state index in [1.165, 1.54) is 5.56 Å². The highest BCUT2D eigenvalue weighted by molar-refractivity contribution is 5.96. The predicted octanol–water partition coefficient (Wildman–Crippen LogP) is 1.62. The van der Waals surface area contributed by atoms with Crippen molar-refractivity contribution in [3.63, 3.8) is 0 Å². The van der Waals surface area contributed by atoms with Crippen molar-refractivity contribution in [1.82, 2.24) is 4.90 Å². The molecule has 2 nitrogen and oxygen atoms in total. The fraction of sp³-hybridized carbons (Fsp3) is 0.364. The third-order valence-corrected chi connectivity index (χ3v) is 2.56. The van der Waals surface area contributed by atoms with Gasteiger partial charge >= 0.3 is 0 Å². The van der Waals surface area contributed by atoms with E-state index in [-0.39, 0.29) is 5.91 Å². The van der Waals surface area contributed by atoms with Crippen LogP contribution < -0.4 is 0 Å². The number of likely N-dealkylation sites (N-methyl/N-ethyl adjacent to an activating group) is 1. The quantitative estimate of drug-likeness (QED) is 0.586. The van der Waals surface area contributed by atoms with E-state index in [1.54, 1.807) is 4.90 Å². The predicted molar refractivity (Wildman–Crippen MR) is 51.8 cm³/mol. The molecule has 1 heterocycles. The standard InChI is InChI=1S/C11H13NO/c1-8-3-4-9-5-6-12(2)11(13)10(9)7-8/h3-4,7H,5-6H2,1-2H3. The maximum Gasteiger partial charge on any atom is 0.253 e. The highest BCUT2D eigenvalue weighted by Gasteiger charge is 2.20. The lowest BCUT2D eigenvalue weighted by Crippen LogP contribution is -2.34. The van der Waals surface area contributed by atoms with Gasteiger partial charge in [-0.2, -0.15) is 0 Å². The molecule has 0 radical (unpaired) electrons. The van der Waals surface area contributed by atoms with Crippen molar-refractivity contribution in [3.8, 4) is 0 Å². The Hall–Kier alpha value is -1.31. The number of benzene rings is 1. The van der Waals surface area contributed by atoms with Crippen LogP contribution in [-0.4, -0.2) is 24.4 Å². The van der Waals surface area contributed by atoms with Gasteiger partial charge in [-0.1, -0.05) is 17.7 Å². The fourth-order valence-electron chi connectivity index (χ4n) is 1.70. The molecule has 1 amide bonds. The van der Waals surface area contributed by atoms with E-state index in [4.69, 9.17) is 0 Å². The summed E-state index contributed by atoms with van der Waals surface area (Å²) in [5, 5.41) is 0. The molecular formula is C11H13NO. The van der Waals surface area contributed by atoms with Crippen LogP contribution in [-0.2, 0) is 6.42 Å². The molecule has 1 aromatic rings. The monoisotopic (exact) mass is 175 g/mol. The third-order valence-electron chi connectivity index (χ3n) is 2.56. The van der Waals surface area contributed by atoms with Crippen molar-refractivity contribution in [2.24, 2.45) is 0 Å². The second-order valence-corrected chi connectivity index (χ2v) is 3.64. The molecule has 0 aromatic heterocycles. The number of carbonyl (C=O) groups is 1. The van der Waals surface area contributed by atoms with E-state index >= 15 is 0 Å². The average molecular weight is 175 g/mol. The summed E-state index contributed by atoms with van der Waals surface area (Å²) >= 11 is 0. The second-order valence-electron chi connectivity index (χ2n) is 3.64. The Labute approximate surface area is 78.2 Å². The molecule has 1 aromatic carbocycles. The van der Waals surface area contributed by atoms with Crippen LogP contribution in [0.1, 0.15) is 21.5 Å². The van der Waals surface area contributed by atoms with Gasteiger partial charge in [0.25, 0.3) is 5.91 Å². The number of rotatable bonds is 0. The van der Waals surface area contributed by atoms with Crippen LogP contribution in [0, 0.1) is 6.92 Å². The molecule has 0 fully saturated rings. The van der Waals surface area contributed by atoms with E-state index in [2.05, 4.69) is 12.1 Å². The maximum atomic E-state index is 11.7. The van der Waals surface area contributed by atoms with Gasteiger partial charge in [-0.3, -0.25) is 4.79 Å². The molecule has 0 saturated heterocycles. The minimum absolute atomic E-state index is 0.157. The van der Waals surface area contributed by atoms with Crippen molar-refractivity contribution >= 4 is 5.91 Å². The molecule has 2 heteroatoms. The van der Waals surface area contributed by atoms with Crippen LogP contribution in [0.3, 0.4) is 0 Å². The molecule has 68 valence electrons. The highest BCUT2D eigenvalue weighted by Crippen LogP contribution is 2.18. The summed E-state index contributed by atoms with van der Waals surface area (Å²) in [5.74, 6) is 0.157. The molecule has 0 unspecified atom stereocenters. The molecule has 1 aliphatic rings. The Bertz CT molecular complexity index is 357. The van der Waals surface area contributed by atoms with Gasteiger partial charge in [0, 0.05) is 19.2 Å². The lowest BCUT2D eigenvalue weighted by atomic mass is 9.97. The lowest BCUT2D eigenvalue weighted by Gasteiger charge is -2.24. The summed E-state index contributed by atoms with van der Waals surface area (Å²) in [7, 11) is 1.85. The van der Waals surface area contributed by atoms with E-state index in [0.29, 0.717) is 0 Å². The third kappa shape index (κ3) is 1.32. The van der Waals surface area contributed by atoms with Crippen LogP contribution in [0.25, 0.3) is 0 Å². The second kappa shape index (κ2) is 2.87. The number of fused-ring (bicyclic) bond motifs is 1. The van der Waals surface area contributed by atoms with Crippen LogP contribution in [0.5, 0.6) is 0 Å². The number of nitrogens with zero attached hydrogens (tertiary/aromatic N) is 1. The summed E-state index contributed by atoms with van der Waals surface area (Å²) in [6.45, 7) is 2.86. The molecule has 0 N–H and O–H groups in total. The first-order valence-electron chi connectivity index (χ1n) is 4.53. The Balaban J connectivity index is 2.51. The molecule has 2 rings (SSSR count). The van der Waals surface area contributed by atoms with Gasteiger partial charge < -0.3 is 4.90 Å². The summed E-state index contributed by atoms with van der Waals surface area (Å²) in [6, 6.07) is 6.11. The summed E-state index contributed by atoms with van der Waals surface area (Å²) in [4.78, 5) is 13.5. The number of hydrogen-bond acceptors (Lipinski definition) is 1. The molecule has 1 aliphatic heterocycles. The first kappa shape index (κ1) is 8.30. The topological polar surface area (TPSA) is 20.3 Å². The minimum atomic E-state index is 0.157. The zero-order valence-electron chi connectivity index (χ0n) is 8.00. The van der Waals surface area contributed by atoms with Gasteiger partial charge in [-0.25, -0.2) is 0 Å². The van der Waals surface area contributed by atoms with Crippen molar-refractivity contribution < 1.29 is 4.79 Å². The van der Waals surface area contributed by atoms with Crippen LogP contribution in [0.2, 0.25) is 0 Å². The van der Waals surface area contributed by atoms with Crippen molar-refractivity contribution in [2.75, 3.05) is 13.6 Å². The zero-order chi connectivity index (χ0) is 9.42. The van der Waals surface area contributed by atoms with Crippen LogP contribution >= 0.6 is 0 Å². The van der Waals surface area contributed by atoms with Crippen LogP contribution in [0.4, 0.5) is 0 Å². The number of amides is 1. The Morgan fingerprint density at radius 3 is 2.92 bits per heavy atom. The van der Waals surface area contributed by atoms with Crippen molar-refractivity contribution in [3.05, 3.63) is 34.9 Å². The summed E-state index contributed by atoms with van der Waals surface area (Å²) in [5.41, 5.74) is 3.23. The molecular weight excluding hydrogens is 162 g/mol. The number of carbonyl (C=O) groups excluding carboxylic acids is 1. The van der Waals surface area contributed by atoms with E-state index in [1.807, 2.05) is 20.0 Å². The SMILES string of the molecule is Cc1ccc2c(c1)C(=O)N(C)CC2. The van der Waals surface area contributed by atoms with Gasteiger partial charge in [0.1, 0.15) is 0 Å². The average Bonchev–Trinajstić information content (AvgIpc) is 2.12. The van der Waals surface area contributed by atoms with E-state index in [0.717, 1.165) is 24.1 Å². The van der Waals surface area contributed by atoms with Crippen molar-refractivity contribution in [2.45, 2.75) is 13.3 Å². The molecule has 0 atom stereocenters. The Morgan fingerprint density at radius 1 is 1.38 bits per heavy atom. The van der Waals surface area contributed by atoms with Gasteiger partial charge in [0.05, 0.1) is 0 Å². The first-order chi connectivity index (χ1) is 6.18. The Kier molecular flexibility index (Phi) is 1.83. The highest BCUT2D eigenvalue weighted by atomic mass is 16.2. The number of hydrogen-bond donors (Lipinski definition) is 0. The van der Waals surface area contributed by atoms with Gasteiger partial charge in [0.15, 0.2) is 0 Å². The zero-order valence-corrected chi connectivity index (χ0v) is 8.00. The molecule has 0 bridgehead atoms. The molecule has 0 saturated carbocycles. The first-order valence-corrected chi connectivity index (χ1v) is 4.53. The molecule has 0 aliphatic carbocycles. The minimum Gasteiger partial charge on any atom is -0.341 e. The van der Waals surface area contributed by atoms with E-state index < -0.39 is 0 Å². The fourth-order valence-corrected chi connectivity index (χ4v) is 1.70. The normalized spacial score (nSPS) is 15.8. The largest absolute Gasteiger partial charge is 0.341 e. The number of aryl methyl sites for hydroxylation is 1. The van der Waals surface area contributed by atoms with Crippen molar-refractivity contribution in [1.29, 1.82) is 0 Å². The van der Waals surface area contributed by atoms with Gasteiger partial charge in [-0.05, 0) is 25.0 Å². The lowest BCUT2D eigenvalue weighted by molar-refractivity contribution is 0.0781. The Morgan fingerprint density at radius 2 is 2.15 bits per heavy atom. The maximum absolute atomic E-state index is 11.7. The van der Waals surface area contributed by atoms with E-state index in [9.17, 15) is 4.79 Å². The molecule has 0 spiro atoms. The van der Waals surface area contributed by atoms with Gasteiger partial charge in [0.2, 0.25) is 0 Å². The van der Waals surface area contributed by atoms with Crippen LogP contribution in [0.15, 0.2) is 18.2 Å². The summed E-state index contributed by atoms with van der Waals surface area (Å²) in [6.07, 6.45) is 0.984. The summed E-state index contributed by atoms with van der Waals surface area (Å²) < 4.78 is 0. The smallest absolute Gasteiger partial charge is 0.253 e. The molecule has 13 heavy (non-hydrogen) atoms.